The minimum atomic E-state index is -0.141. The lowest BCUT2D eigenvalue weighted by atomic mass is 10.2. The summed E-state index contributed by atoms with van der Waals surface area (Å²) in [6.07, 6.45) is 1.64. The summed E-state index contributed by atoms with van der Waals surface area (Å²) >= 11 is 6.10. The normalized spacial score (nSPS) is 10.8. The van der Waals surface area contributed by atoms with Crippen LogP contribution < -0.4 is 5.32 Å². The number of rotatable bonds is 6. The van der Waals surface area contributed by atoms with Crippen molar-refractivity contribution in [1.29, 1.82) is 0 Å². The molecule has 0 saturated carbocycles. The van der Waals surface area contributed by atoms with E-state index in [0.717, 1.165) is 21.4 Å². The van der Waals surface area contributed by atoms with E-state index in [4.69, 9.17) is 0 Å². The Hall–Kier alpha value is -2.49. The first-order chi connectivity index (χ1) is 13.7. The minimum absolute atomic E-state index is 0.141. The Balaban J connectivity index is 1.33. The monoisotopic (exact) mass is 471 g/mol. The molecule has 2 heterocycles. The lowest BCUT2D eigenvalue weighted by Gasteiger charge is -2.00. The summed E-state index contributed by atoms with van der Waals surface area (Å²) in [6, 6.07) is 17.6. The third-order valence-corrected chi connectivity index (χ3v) is 5.85. The second kappa shape index (κ2) is 8.68. The van der Waals surface area contributed by atoms with Crippen molar-refractivity contribution in [1.82, 2.24) is 19.7 Å². The van der Waals surface area contributed by atoms with Crippen molar-refractivity contribution in [2.75, 3.05) is 11.1 Å². The Bertz CT molecular complexity index is 1080. The lowest BCUT2D eigenvalue weighted by Crippen LogP contribution is -2.14. The largest absolute Gasteiger partial charge is 0.301 e. The molecule has 28 heavy (non-hydrogen) atoms. The van der Waals surface area contributed by atoms with E-state index in [1.807, 2.05) is 60.0 Å². The van der Waals surface area contributed by atoms with Gasteiger partial charge in [0.25, 0.3) is 0 Å². The number of anilines is 1. The second-order valence-corrected chi connectivity index (χ2v) is 8.41. The number of para-hydroxylation sites is 1. The molecule has 4 aromatic rings. The highest BCUT2D eigenvalue weighted by Gasteiger charge is 2.11. The number of thiazole rings is 1. The van der Waals surface area contributed by atoms with Gasteiger partial charge in [0.15, 0.2) is 5.13 Å². The first-order valence-corrected chi connectivity index (χ1v) is 10.9. The van der Waals surface area contributed by atoms with Crippen LogP contribution in [-0.4, -0.2) is 31.4 Å². The van der Waals surface area contributed by atoms with Crippen molar-refractivity contribution in [3.63, 3.8) is 0 Å². The number of nitrogens with zero attached hydrogens (tertiary/aromatic N) is 4. The zero-order valence-electron chi connectivity index (χ0n) is 14.4. The van der Waals surface area contributed by atoms with Gasteiger partial charge in [-0.05, 0) is 24.3 Å². The molecule has 0 aliphatic heterocycles. The van der Waals surface area contributed by atoms with Gasteiger partial charge in [0.2, 0.25) is 11.1 Å². The Morgan fingerprint density at radius 2 is 1.93 bits per heavy atom. The topological polar surface area (TPSA) is 72.7 Å². The Kier molecular flexibility index (Phi) is 5.84. The molecule has 0 bridgehead atoms. The molecule has 0 saturated heterocycles. The number of thioether (sulfide) groups is 1. The molecule has 1 amide bonds. The number of hydrogen-bond acceptors (Lipinski definition) is 6. The van der Waals surface area contributed by atoms with Gasteiger partial charge in [-0.25, -0.2) is 14.6 Å². The van der Waals surface area contributed by atoms with Crippen molar-refractivity contribution in [3.05, 3.63) is 70.8 Å². The van der Waals surface area contributed by atoms with E-state index in [-0.39, 0.29) is 11.7 Å². The van der Waals surface area contributed by atoms with Gasteiger partial charge in [-0.3, -0.25) is 4.79 Å². The molecular formula is C19H14BrN5OS2. The summed E-state index contributed by atoms with van der Waals surface area (Å²) in [7, 11) is 0. The first-order valence-electron chi connectivity index (χ1n) is 8.28. The quantitative estimate of drug-likeness (QED) is 0.405. The molecule has 0 spiro atoms. The van der Waals surface area contributed by atoms with Crippen LogP contribution in [0.15, 0.2) is 75.9 Å². The van der Waals surface area contributed by atoms with Crippen molar-refractivity contribution in [2.45, 2.75) is 5.16 Å². The van der Waals surface area contributed by atoms with Crippen LogP contribution in [0, 0.1) is 0 Å². The number of aromatic nitrogens is 4. The molecule has 0 radical (unpaired) electrons. The SMILES string of the molecule is O=C(CSc1ncn(-c2ccccc2)n1)Nc1nc(-c2ccc(Br)cc2)cs1. The maximum Gasteiger partial charge on any atom is 0.236 e. The zero-order valence-corrected chi connectivity index (χ0v) is 17.7. The van der Waals surface area contributed by atoms with Crippen LogP contribution in [-0.2, 0) is 4.79 Å². The van der Waals surface area contributed by atoms with Crippen LogP contribution in [0.5, 0.6) is 0 Å². The van der Waals surface area contributed by atoms with Crippen molar-refractivity contribution < 1.29 is 4.79 Å². The van der Waals surface area contributed by atoms with Crippen LogP contribution in [0.3, 0.4) is 0 Å². The summed E-state index contributed by atoms with van der Waals surface area (Å²) < 4.78 is 2.70. The summed E-state index contributed by atoms with van der Waals surface area (Å²) in [4.78, 5) is 20.9. The highest BCUT2D eigenvalue weighted by molar-refractivity contribution is 9.10. The van der Waals surface area contributed by atoms with Gasteiger partial charge >= 0.3 is 0 Å². The highest BCUT2D eigenvalue weighted by Crippen LogP contribution is 2.26. The fraction of sp³-hybridized carbons (Fsp3) is 0.0526. The number of carbonyl (C=O) groups is 1. The third-order valence-electron chi connectivity index (χ3n) is 3.71. The van der Waals surface area contributed by atoms with Gasteiger partial charge in [-0.1, -0.05) is 58.0 Å². The van der Waals surface area contributed by atoms with E-state index >= 15 is 0 Å². The first kappa shape index (κ1) is 18.9. The lowest BCUT2D eigenvalue weighted by molar-refractivity contribution is -0.113. The van der Waals surface area contributed by atoms with Crippen LogP contribution >= 0.6 is 39.0 Å². The predicted octanol–water partition coefficient (Wildman–Crippen LogP) is 4.88. The fourth-order valence-corrected chi connectivity index (χ4v) is 3.99. The summed E-state index contributed by atoms with van der Waals surface area (Å²) in [5, 5.41) is 10.3. The number of benzene rings is 2. The van der Waals surface area contributed by atoms with Gasteiger partial charge in [0.1, 0.15) is 6.33 Å². The molecule has 0 aliphatic rings. The highest BCUT2D eigenvalue weighted by atomic mass is 79.9. The van der Waals surface area contributed by atoms with E-state index in [0.29, 0.717) is 10.3 Å². The van der Waals surface area contributed by atoms with E-state index < -0.39 is 0 Å². The van der Waals surface area contributed by atoms with Crippen LogP contribution in [0.2, 0.25) is 0 Å². The smallest absolute Gasteiger partial charge is 0.236 e. The molecule has 6 nitrogen and oxygen atoms in total. The van der Waals surface area contributed by atoms with E-state index in [1.54, 1.807) is 11.0 Å². The Labute approximate surface area is 178 Å². The molecule has 1 N–H and O–H groups in total. The molecule has 2 aromatic heterocycles. The van der Waals surface area contributed by atoms with Crippen LogP contribution in [0.25, 0.3) is 16.9 Å². The number of nitrogens with one attached hydrogen (secondary N) is 1. The van der Waals surface area contributed by atoms with Gasteiger partial charge in [0, 0.05) is 15.4 Å². The molecule has 0 unspecified atom stereocenters. The Morgan fingerprint density at radius 3 is 2.71 bits per heavy atom. The molecule has 9 heteroatoms. The van der Waals surface area contributed by atoms with E-state index in [2.05, 4.69) is 36.3 Å². The predicted molar refractivity (Wildman–Crippen MR) is 116 cm³/mol. The molecule has 2 aromatic carbocycles. The van der Waals surface area contributed by atoms with Crippen molar-refractivity contribution >= 4 is 50.1 Å². The average molecular weight is 472 g/mol. The molecule has 0 fully saturated rings. The zero-order chi connectivity index (χ0) is 19.3. The van der Waals surface area contributed by atoms with Gasteiger partial charge < -0.3 is 5.32 Å². The molecule has 0 aliphatic carbocycles. The van der Waals surface area contributed by atoms with Gasteiger partial charge in [-0.2, -0.15) is 0 Å². The summed E-state index contributed by atoms with van der Waals surface area (Å²) in [6.45, 7) is 0. The third kappa shape index (κ3) is 4.67. The maximum atomic E-state index is 12.2. The van der Waals surface area contributed by atoms with Gasteiger partial charge in [-0.15, -0.1) is 16.4 Å². The number of carbonyl (C=O) groups excluding carboxylic acids is 1. The van der Waals surface area contributed by atoms with Gasteiger partial charge in [0.05, 0.1) is 17.1 Å². The average Bonchev–Trinajstić information content (AvgIpc) is 3.37. The number of halogens is 1. The van der Waals surface area contributed by atoms with Crippen LogP contribution in [0.1, 0.15) is 0 Å². The van der Waals surface area contributed by atoms with Crippen molar-refractivity contribution in [2.24, 2.45) is 0 Å². The number of amides is 1. The molecule has 0 atom stereocenters. The van der Waals surface area contributed by atoms with Crippen LogP contribution in [0.4, 0.5) is 5.13 Å². The number of hydrogen-bond donors (Lipinski definition) is 1. The molecular weight excluding hydrogens is 458 g/mol. The molecule has 140 valence electrons. The minimum Gasteiger partial charge on any atom is -0.301 e. The summed E-state index contributed by atoms with van der Waals surface area (Å²) in [5.74, 6) is 0.0733. The Morgan fingerprint density at radius 1 is 1.14 bits per heavy atom. The van der Waals surface area contributed by atoms with Crippen molar-refractivity contribution in [3.8, 4) is 16.9 Å². The maximum absolute atomic E-state index is 12.2. The van der Waals surface area contributed by atoms with E-state index in [9.17, 15) is 4.79 Å². The summed E-state index contributed by atoms with van der Waals surface area (Å²) in [5.41, 5.74) is 2.77. The second-order valence-electron chi connectivity index (χ2n) is 5.69. The fourth-order valence-electron chi connectivity index (χ4n) is 2.39. The molecule has 4 rings (SSSR count). The standard InChI is InChI=1S/C19H14BrN5OS2/c20-14-8-6-13(7-9-14)16-10-27-19(22-16)23-17(26)11-28-18-21-12-25(24-18)15-4-2-1-3-5-15/h1-10,12H,11H2,(H,22,23,26). The van der Waals surface area contributed by atoms with E-state index in [1.165, 1.54) is 23.1 Å².